The van der Waals surface area contributed by atoms with Crippen molar-refractivity contribution in [2.45, 2.75) is 39.8 Å². The number of alkyl halides is 1. The molecule has 0 fully saturated rings. The Hall–Kier alpha value is -1.56. The lowest BCUT2D eigenvalue weighted by molar-refractivity contribution is -0.120. The number of nitrogens with two attached hydrogens (primary N) is 1. The molecule has 2 rings (SSSR count). The Morgan fingerprint density at radius 2 is 2.21 bits per heavy atom. The molecule has 0 aliphatic heterocycles. The zero-order valence-corrected chi connectivity index (χ0v) is 12.1. The quantitative estimate of drug-likeness (QED) is 0.842. The van der Waals surface area contributed by atoms with E-state index < -0.39 is 11.9 Å². The number of primary amides is 1. The summed E-state index contributed by atoms with van der Waals surface area (Å²) in [6.45, 7) is 6.38. The van der Waals surface area contributed by atoms with Crippen LogP contribution in [0.3, 0.4) is 0 Å². The van der Waals surface area contributed by atoms with Gasteiger partial charge in [-0.1, -0.05) is 0 Å². The van der Waals surface area contributed by atoms with Crippen molar-refractivity contribution in [3.63, 3.8) is 0 Å². The van der Waals surface area contributed by atoms with Crippen LogP contribution in [-0.4, -0.2) is 31.1 Å². The Labute approximate surface area is 116 Å². The van der Waals surface area contributed by atoms with Gasteiger partial charge in [-0.15, -0.1) is 11.6 Å². The molecule has 7 heteroatoms. The molecular weight excluding hydrogens is 266 g/mol. The second kappa shape index (κ2) is 5.21. The average molecular weight is 284 g/mol. The Balaban J connectivity index is 2.74. The van der Waals surface area contributed by atoms with Crippen molar-refractivity contribution in [2.24, 2.45) is 5.73 Å². The fourth-order valence-electron chi connectivity index (χ4n) is 2.25. The van der Waals surface area contributed by atoms with Crippen molar-refractivity contribution in [3.8, 4) is 0 Å². The highest BCUT2D eigenvalue weighted by Gasteiger charge is 2.23. The first-order valence-electron chi connectivity index (χ1n) is 6.30. The predicted octanol–water partition coefficient (Wildman–Crippen LogP) is 1.39. The van der Waals surface area contributed by atoms with E-state index in [0.29, 0.717) is 18.8 Å². The number of halogens is 1. The lowest BCUT2D eigenvalue weighted by Gasteiger charge is -2.14. The van der Waals surface area contributed by atoms with Gasteiger partial charge in [0, 0.05) is 18.8 Å². The largest absolute Gasteiger partial charge is 0.368 e. The highest BCUT2D eigenvalue weighted by Crippen LogP contribution is 2.24. The molecule has 1 amide bonds. The molecule has 2 N–H and O–H groups in total. The third-order valence-electron chi connectivity index (χ3n) is 3.23. The van der Waals surface area contributed by atoms with Gasteiger partial charge in [0.25, 0.3) is 0 Å². The SMILES string of the molecule is CCn1nc(C)c2nc(CCCl)n(C(C)C(N)=O)c21. The minimum Gasteiger partial charge on any atom is -0.368 e. The van der Waals surface area contributed by atoms with E-state index in [2.05, 4.69) is 10.1 Å². The van der Waals surface area contributed by atoms with Crippen LogP contribution in [0.15, 0.2) is 0 Å². The molecule has 0 radical (unpaired) electrons. The maximum absolute atomic E-state index is 11.5. The van der Waals surface area contributed by atoms with E-state index in [4.69, 9.17) is 17.3 Å². The van der Waals surface area contributed by atoms with E-state index in [1.165, 1.54) is 0 Å². The third-order valence-corrected chi connectivity index (χ3v) is 3.42. The molecule has 0 aromatic carbocycles. The number of hydrogen-bond acceptors (Lipinski definition) is 3. The molecule has 1 unspecified atom stereocenters. The summed E-state index contributed by atoms with van der Waals surface area (Å²) >= 11 is 5.81. The smallest absolute Gasteiger partial charge is 0.240 e. The number of carbonyl (C=O) groups is 1. The molecule has 19 heavy (non-hydrogen) atoms. The Morgan fingerprint density at radius 3 is 2.74 bits per heavy atom. The fraction of sp³-hybridized carbons (Fsp3) is 0.583. The summed E-state index contributed by atoms with van der Waals surface area (Å²) in [5.41, 5.74) is 7.94. The van der Waals surface area contributed by atoms with Crippen molar-refractivity contribution in [2.75, 3.05) is 5.88 Å². The van der Waals surface area contributed by atoms with Crippen LogP contribution in [0, 0.1) is 6.92 Å². The van der Waals surface area contributed by atoms with Crippen LogP contribution < -0.4 is 5.73 Å². The summed E-state index contributed by atoms with van der Waals surface area (Å²) in [4.78, 5) is 16.1. The normalized spacial score (nSPS) is 13.1. The number of aryl methyl sites for hydroxylation is 3. The standard InChI is InChI=1S/C12H18ClN5O/c1-4-17-12-10(7(2)16-17)15-9(5-6-13)18(12)8(3)11(14)19/h8H,4-6H2,1-3H3,(H2,14,19). The first-order valence-corrected chi connectivity index (χ1v) is 6.84. The Kier molecular flexibility index (Phi) is 3.80. The monoisotopic (exact) mass is 283 g/mol. The summed E-state index contributed by atoms with van der Waals surface area (Å²) < 4.78 is 3.69. The first kappa shape index (κ1) is 13.9. The molecule has 0 saturated heterocycles. The van der Waals surface area contributed by atoms with Crippen LogP contribution in [0.5, 0.6) is 0 Å². The molecule has 2 heterocycles. The molecule has 2 aromatic heterocycles. The highest BCUT2D eigenvalue weighted by molar-refractivity contribution is 6.17. The zero-order valence-electron chi connectivity index (χ0n) is 11.4. The molecule has 0 spiro atoms. The minimum atomic E-state index is -0.468. The van der Waals surface area contributed by atoms with Crippen LogP contribution in [0.2, 0.25) is 0 Å². The second-order valence-corrected chi connectivity index (χ2v) is 4.87. The number of fused-ring (bicyclic) bond motifs is 1. The van der Waals surface area contributed by atoms with Crippen molar-refractivity contribution in [1.29, 1.82) is 0 Å². The number of aromatic nitrogens is 4. The molecule has 104 valence electrons. The van der Waals surface area contributed by atoms with Gasteiger partial charge in [0.15, 0.2) is 5.65 Å². The van der Waals surface area contributed by atoms with Crippen LogP contribution >= 0.6 is 11.6 Å². The van der Waals surface area contributed by atoms with Crippen molar-refractivity contribution >= 4 is 28.7 Å². The van der Waals surface area contributed by atoms with Gasteiger partial charge in [0.1, 0.15) is 17.4 Å². The van der Waals surface area contributed by atoms with E-state index in [1.54, 1.807) is 6.92 Å². The number of imidazole rings is 1. The van der Waals surface area contributed by atoms with Crippen LogP contribution in [0.25, 0.3) is 11.2 Å². The van der Waals surface area contributed by atoms with Gasteiger partial charge in [-0.2, -0.15) is 5.10 Å². The van der Waals surface area contributed by atoms with Crippen LogP contribution in [-0.2, 0) is 17.8 Å². The molecule has 2 aromatic rings. The van der Waals surface area contributed by atoms with Gasteiger partial charge >= 0.3 is 0 Å². The molecule has 0 bridgehead atoms. The van der Waals surface area contributed by atoms with E-state index >= 15 is 0 Å². The zero-order chi connectivity index (χ0) is 14.2. The summed E-state index contributed by atoms with van der Waals surface area (Å²) in [6, 6.07) is -0.468. The molecule has 0 saturated carbocycles. The number of carbonyl (C=O) groups excluding carboxylic acids is 1. The molecule has 0 aliphatic rings. The molecule has 0 aliphatic carbocycles. The van der Waals surface area contributed by atoms with Gasteiger partial charge < -0.3 is 10.3 Å². The maximum atomic E-state index is 11.5. The maximum Gasteiger partial charge on any atom is 0.240 e. The molecule has 6 nitrogen and oxygen atoms in total. The van der Waals surface area contributed by atoms with E-state index in [9.17, 15) is 4.79 Å². The molecule has 1 atom stereocenters. The van der Waals surface area contributed by atoms with Gasteiger partial charge in [-0.05, 0) is 20.8 Å². The summed E-state index contributed by atoms with van der Waals surface area (Å²) in [7, 11) is 0. The summed E-state index contributed by atoms with van der Waals surface area (Å²) in [5, 5.41) is 4.42. The summed E-state index contributed by atoms with van der Waals surface area (Å²) in [5.74, 6) is 0.833. The topological polar surface area (TPSA) is 78.7 Å². The average Bonchev–Trinajstić information content (AvgIpc) is 2.87. The first-order chi connectivity index (χ1) is 9.01. The highest BCUT2D eigenvalue weighted by atomic mass is 35.5. The Bertz CT molecular complexity index is 615. The minimum absolute atomic E-state index is 0.392. The van der Waals surface area contributed by atoms with Crippen molar-refractivity contribution < 1.29 is 4.79 Å². The number of amides is 1. The predicted molar refractivity (Wildman–Crippen MR) is 74.3 cm³/mol. The third kappa shape index (κ3) is 2.20. The van der Waals surface area contributed by atoms with Gasteiger partial charge in [-0.3, -0.25) is 4.79 Å². The van der Waals surface area contributed by atoms with Crippen molar-refractivity contribution in [3.05, 3.63) is 11.5 Å². The fourth-order valence-corrected chi connectivity index (χ4v) is 2.42. The number of rotatable bonds is 5. The lowest BCUT2D eigenvalue weighted by atomic mass is 10.3. The number of nitrogens with zero attached hydrogens (tertiary/aromatic N) is 4. The van der Waals surface area contributed by atoms with E-state index in [1.807, 2.05) is 23.1 Å². The molecular formula is C12H18ClN5O. The van der Waals surface area contributed by atoms with Gasteiger partial charge in [0.05, 0.1) is 5.69 Å². The van der Waals surface area contributed by atoms with Gasteiger partial charge in [0.2, 0.25) is 5.91 Å². The van der Waals surface area contributed by atoms with Crippen LogP contribution in [0.1, 0.15) is 31.4 Å². The van der Waals surface area contributed by atoms with E-state index in [-0.39, 0.29) is 0 Å². The van der Waals surface area contributed by atoms with Crippen LogP contribution in [0.4, 0.5) is 0 Å². The Morgan fingerprint density at radius 1 is 1.53 bits per heavy atom. The lowest BCUT2D eigenvalue weighted by Crippen LogP contribution is -2.26. The summed E-state index contributed by atoms with van der Waals surface area (Å²) in [6.07, 6.45) is 0.594. The van der Waals surface area contributed by atoms with E-state index in [0.717, 1.165) is 22.7 Å². The second-order valence-electron chi connectivity index (χ2n) is 4.49. The van der Waals surface area contributed by atoms with Crippen molar-refractivity contribution in [1.82, 2.24) is 19.3 Å². The van der Waals surface area contributed by atoms with Gasteiger partial charge in [-0.25, -0.2) is 9.67 Å². The number of hydrogen-bond donors (Lipinski definition) is 1.